The number of aryl methyl sites for hydroxylation is 1. The molecule has 0 aliphatic carbocycles. The van der Waals surface area contributed by atoms with E-state index in [0.717, 1.165) is 22.7 Å². The van der Waals surface area contributed by atoms with Crippen LogP contribution in [0.2, 0.25) is 0 Å². The number of nitrogens with zero attached hydrogens (tertiary/aromatic N) is 2. The van der Waals surface area contributed by atoms with E-state index >= 15 is 0 Å². The Hall–Kier alpha value is -3.87. The normalized spacial score (nSPS) is 10.1. The Morgan fingerprint density at radius 3 is 2.54 bits per heavy atom. The molecule has 0 radical (unpaired) electrons. The summed E-state index contributed by atoms with van der Waals surface area (Å²) < 4.78 is 5.23. The molecule has 28 heavy (non-hydrogen) atoms. The number of hydrogen-bond acceptors (Lipinski definition) is 6. The number of nitrogens with one attached hydrogen (secondary N) is 3. The zero-order valence-corrected chi connectivity index (χ0v) is 15.7. The second-order valence-corrected chi connectivity index (χ2v) is 5.98. The van der Waals surface area contributed by atoms with Crippen molar-refractivity contribution in [2.45, 2.75) is 6.92 Å². The molecule has 0 fully saturated rings. The van der Waals surface area contributed by atoms with Crippen LogP contribution >= 0.6 is 0 Å². The van der Waals surface area contributed by atoms with E-state index in [1.165, 1.54) is 6.08 Å². The van der Waals surface area contributed by atoms with Gasteiger partial charge in [-0.15, -0.1) is 0 Å². The maximum absolute atomic E-state index is 11.4. The second-order valence-electron chi connectivity index (χ2n) is 5.98. The number of rotatable bonds is 7. The first-order valence-electron chi connectivity index (χ1n) is 8.62. The summed E-state index contributed by atoms with van der Waals surface area (Å²) in [4.78, 5) is 20.2. The molecule has 1 amide bonds. The van der Waals surface area contributed by atoms with Gasteiger partial charge in [0.05, 0.1) is 7.11 Å². The molecule has 142 valence electrons. The third kappa shape index (κ3) is 4.85. The summed E-state index contributed by atoms with van der Waals surface area (Å²) in [5.41, 5.74) is 3.26. The molecule has 3 rings (SSSR count). The maximum atomic E-state index is 11.4. The first-order chi connectivity index (χ1) is 13.6. The fourth-order valence-electron chi connectivity index (χ4n) is 2.43. The molecule has 0 unspecified atom stereocenters. The molecule has 0 saturated heterocycles. The molecule has 3 aromatic rings. The highest BCUT2D eigenvalue weighted by Gasteiger charge is 2.06. The largest absolute Gasteiger partial charge is 0.497 e. The standard InChI is InChI=1S/C21H21N5O2/c1-4-19(27)23-15-8-10-16(11-9-15)24-20-14(2)13-22-21(26-20)25-17-6-5-7-18(12-17)28-3/h4-13H,1H2,2-3H3,(H,23,27)(H2,22,24,25,26). The van der Waals surface area contributed by atoms with Crippen LogP contribution < -0.4 is 20.7 Å². The van der Waals surface area contributed by atoms with Crippen LogP contribution in [-0.4, -0.2) is 23.0 Å². The Morgan fingerprint density at radius 2 is 1.82 bits per heavy atom. The lowest BCUT2D eigenvalue weighted by Crippen LogP contribution is -2.07. The maximum Gasteiger partial charge on any atom is 0.247 e. The van der Waals surface area contributed by atoms with E-state index < -0.39 is 0 Å². The van der Waals surface area contributed by atoms with Crippen LogP contribution in [0.5, 0.6) is 5.75 Å². The minimum absolute atomic E-state index is 0.249. The van der Waals surface area contributed by atoms with Gasteiger partial charge < -0.3 is 20.7 Å². The van der Waals surface area contributed by atoms with Crippen molar-refractivity contribution in [1.29, 1.82) is 0 Å². The molecule has 0 bridgehead atoms. The number of benzene rings is 2. The molecular formula is C21H21N5O2. The van der Waals surface area contributed by atoms with Crippen LogP contribution in [-0.2, 0) is 4.79 Å². The predicted molar refractivity (Wildman–Crippen MR) is 112 cm³/mol. The van der Waals surface area contributed by atoms with Gasteiger partial charge in [-0.25, -0.2) is 4.98 Å². The zero-order valence-electron chi connectivity index (χ0n) is 15.7. The van der Waals surface area contributed by atoms with Crippen molar-refractivity contribution in [2.24, 2.45) is 0 Å². The first-order valence-corrected chi connectivity index (χ1v) is 8.62. The van der Waals surface area contributed by atoms with Crippen LogP contribution in [0.25, 0.3) is 0 Å². The SMILES string of the molecule is C=CC(=O)Nc1ccc(Nc2nc(Nc3cccc(OC)c3)ncc2C)cc1. The molecule has 1 aromatic heterocycles. The summed E-state index contributed by atoms with van der Waals surface area (Å²) in [6.07, 6.45) is 2.98. The van der Waals surface area contributed by atoms with Gasteiger partial charge in [0.25, 0.3) is 0 Å². The lowest BCUT2D eigenvalue weighted by atomic mass is 10.2. The van der Waals surface area contributed by atoms with Crippen molar-refractivity contribution in [2.75, 3.05) is 23.1 Å². The third-order valence-electron chi connectivity index (χ3n) is 3.90. The van der Waals surface area contributed by atoms with Crippen LogP contribution in [0.1, 0.15) is 5.56 Å². The van der Waals surface area contributed by atoms with Crippen LogP contribution in [0.3, 0.4) is 0 Å². The molecule has 7 nitrogen and oxygen atoms in total. The van der Waals surface area contributed by atoms with E-state index in [1.807, 2.05) is 43.3 Å². The van der Waals surface area contributed by atoms with Crippen LogP contribution in [0.4, 0.5) is 28.8 Å². The van der Waals surface area contributed by atoms with Gasteiger partial charge in [-0.1, -0.05) is 12.6 Å². The van der Waals surface area contributed by atoms with Gasteiger partial charge >= 0.3 is 0 Å². The van der Waals surface area contributed by atoms with Gasteiger partial charge in [0.15, 0.2) is 0 Å². The van der Waals surface area contributed by atoms with Gasteiger partial charge in [-0.05, 0) is 49.4 Å². The number of anilines is 5. The Labute approximate surface area is 163 Å². The Balaban J connectivity index is 1.74. The molecule has 0 aliphatic rings. The fourth-order valence-corrected chi connectivity index (χ4v) is 2.43. The number of ether oxygens (including phenoxy) is 1. The number of amides is 1. The van der Waals surface area contributed by atoms with Crippen LogP contribution in [0.15, 0.2) is 67.4 Å². The Bertz CT molecular complexity index is 986. The minimum Gasteiger partial charge on any atom is -0.497 e. The average molecular weight is 375 g/mol. The highest BCUT2D eigenvalue weighted by atomic mass is 16.5. The van der Waals surface area contributed by atoms with Gasteiger partial charge in [0, 0.05) is 34.9 Å². The summed E-state index contributed by atoms with van der Waals surface area (Å²) >= 11 is 0. The van der Waals surface area contributed by atoms with E-state index in [1.54, 1.807) is 25.4 Å². The summed E-state index contributed by atoms with van der Waals surface area (Å²) in [7, 11) is 1.62. The Morgan fingerprint density at radius 1 is 1.07 bits per heavy atom. The van der Waals surface area contributed by atoms with Crippen molar-refractivity contribution < 1.29 is 9.53 Å². The number of carbonyl (C=O) groups excluding carboxylic acids is 1. The van der Waals surface area contributed by atoms with Crippen LogP contribution in [0, 0.1) is 6.92 Å². The van der Waals surface area contributed by atoms with Crippen molar-refractivity contribution in [1.82, 2.24) is 9.97 Å². The molecule has 2 aromatic carbocycles. The molecule has 7 heteroatoms. The number of aromatic nitrogens is 2. The fraction of sp³-hybridized carbons (Fsp3) is 0.0952. The lowest BCUT2D eigenvalue weighted by molar-refractivity contribution is -0.111. The Kier molecular flexibility index (Phi) is 5.86. The molecular weight excluding hydrogens is 354 g/mol. The minimum atomic E-state index is -0.249. The summed E-state index contributed by atoms with van der Waals surface area (Å²) in [6.45, 7) is 5.36. The monoisotopic (exact) mass is 375 g/mol. The summed E-state index contributed by atoms with van der Waals surface area (Å²) in [5, 5.41) is 9.15. The number of carbonyl (C=O) groups is 1. The van der Waals surface area contributed by atoms with E-state index in [-0.39, 0.29) is 5.91 Å². The first kappa shape index (κ1) is 18.9. The lowest BCUT2D eigenvalue weighted by Gasteiger charge is -2.12. The number of methoxy groups -OCH3 is 1. The molecule has 0 spiro atoms. The predicted octanol–water partition coefficient (Wildman–Crippen LogP) is 4.41. The van der Waals surface area contributed by atoms with Crippen molar-refractivity contribution >= 4 is 34.7 Å². The van der Waals surface area contributed by atoms with Crippen molar-refractivity contribution in [3.8, 4) is 5.75 Å². The summed E-state index contributed by atoms with van der Waals surface area (Å²) in [5.74, 6) is 1.65. The van der Waals surface area contributed by atoms with Crippen molar-refractivity contribution in [3.05, 3.63) is 72.9 Å². The molecule has 0 aliphatic heterocycles. The summed E-state index contributed by atoms with van der Waals surface area (Å²) in [6, 6.07) is 14.9. The average Bonchev–Trinajstić information content (AvgIpc) is 2.72. The van der Waals surface area contributed by atoms with E-state index in [2.05, 4.69) is 32.5 Å². The highest BCUT2D eigenvalue weighted by molar-refractivity contribution is 5.98. The van der Waals surface area contributed by atoms with Gasteiger partial charge in [0.1, 0.15) is 11.6 Å². The van der Waals surface area contributed by atoms with E-state index in [4.69, 9.17) is 4.74 Å². The quantitative estimate of drug-likeness (QED) is 0.530. The van der Waals surface area contributed by atoms with Gasteiger partial charge in [-0.3, -0.25) is 4.79 Å². The second kappa shape index (κ2) is 8.68. The van der Waals surface area contributed by atoms with Gasteiger partial charge in [0.2, 0.25) is 11.9 Å². The van der Waals surface area contributed by atoms with Gasteiger partial charge in [-0.2, -0.15) is 4.98 Å². The molecule has 3 N–H and O–H groups in total. The highest BCUT2D eigenvalue weighted by Crippen LogP contribution is 2.23. The number of hydrogen-bond donors (Lipinski definition) is 3. The zero-order chi connectivity index (χ0) is 19.9. The van der Waals surface area contributed by atoms with E-state index in [9.17, 15) is 4.79 Å². The van der Waals surface area contributed by atoms with E-state index in [0.29, 0.717) is 17.5 Å². The molecule has 0 atom stereocenters. The van der Waals surface area contributed by atoms with Crippen molar-refractivity contribution in [3.63, 3.8) is 0 Å². The third-order valence-corrected chi connectivity index (χ3v) is 3.90. The molecule has 1 heterocycles. The smallest absolute Gasteiger partial charge is 0.247 e. The topological polar surface area (TPSA) is 88.2 Å². The molecule has 0 saturated carbocycles.